The highest BCUT2D eigenvalue weighted by Crippen LogP contribution is 2.43. The Morgan fingerprint density at radius 3 is 1.16 bits per heavy atom. The summed E-state index contributed by atoms with van der Waals surface area (Å²) < 4.78 is 2.11. The molecule has 8 N–H and O–H groups in total. The van der Waals surface area contributed by atoms with Crippen molar-refractivity contribution >= 4 is 149 Å². The molecule has 676 valence electrons. The summed E-state index contributed by atoms with van der Waals surface area (Å²) in [7, 11) is 0. The Labute approximate surface area is 759 Å². The smallest absolute Gasteiger partial charge is 0.284 e. The van der Waals surface area contributed by atoms with E-state index in [1.54, 1.807) is 0 Å². The molecule has 0 amide bonds. The van der Waals surface area contributed by atoms with Crippen molar-refractivity contribution in [2.45, 2.75) is 356 Å². The molecule has 6 aromatic heterocycles. The van der Waals surface area contributed by atoms with Crippen LogP contribution >= 0.6 is 0 Å². The van der Waals surface area contributed by atoms with Crippen LogP contribution in [0.1, 0.15) is 376 Å². The molecule has 27 heteroatoms. The molecule has 0 radical (unpaired) electrons. The SMILES string of the molecule is CCCC1=C(CCC)C2=NC3=NC(=Nc4nc(c5[nH]c6c7nc8nc(nc9[nH]c([nH]c%10nc(nc(n7)c6[n+](=C6C7=NC(=C6N)NC6=NC(=Nc%11[nH]c(c(CCC)c%11CCC)NC%11=NC(=N7)C(CCC)=C%11CCC)C(CCC)=C6CCC)c45)C(CCC)=C%10CCC)c(CCC)c9CCC)C(CCC)=C8CCC)=NC4=NC(=NC1=N2)C(CCC)=C4CCC)C(CCC)=C3CCC. The van der Waals surface area contributed by atoms with Gasteiger partial charge < -0.3 is 36.3 Å². The number of fused-ring (bicyclic) bond motifs is 24. The van der Waals surface area contributed by atoms with E-state index in [-0.39, 0.29) is 23.0 Å². The summed E-state index contributed by atoms with van der Waals surface area (Å²) in [6, 6.07) is 0. The highest BCUT2D eigenvalue weighted by molar-refractivity contribution is 6.32. The van der Waals surface area contributed by atoms with E-state index < -0.39 is 0 Å². The molecule has 24 bridgehead atoms. The molecule has 10 aliphatic rings. The number of rotatable bonds is 36. The molecule has 27 nitrogen and oxygen atoms in total. The van der Waals surface area contributed by atoms with Gasteiger partial charge in [0.05, 0.1) is 0 Å². The summed E-state index contributed by atoms with van der Waals surface area (Å²) in [4.78, 5) is 126. The molecule has 0 aromatic carbocycles. The zero-order chi connectivity index (χ0) is 90.4. The minimum absolute atomic E-state index is 0.239. The fourth-order valence-corrected chi connectivity index (χ4v) is 20.1. The van der Waals surface area contributed by atoms with Gasteiger partial charge in [-0.2, -0.15) is 0 Å². The van der Waals surface area contributed by atoms with Gasteiger partial charge in [0.1, 0.15) is 40.4 Å². The number of H-pyrrole nitrogens is 4. The summed E-state index contributed by atoms with van der Waals surface area (Å²) in [6.45, 7) is 40.1. The molecular formula is C102H134N27+. The van der Waals surface area contributed by atoms with Crippen LogP contribution in [0, 0.1) is 5.71 Å². The number of aryl methyl sites for hydroxylation is 2. The van der Waals surface area contributed by atoms with Crippen molar-refractivity contribution in [1.29, 1.82) is 0 Å². The highest BCUT2D eigenvalue weighted by Gasteiger charge is 2.42. The quantitative estimate of drug-likeness (QED) is 0.0182. The molecule has 10 aliphatic heterocycles. The van der Waals surface area contributed by atoms with Crippen LogP contribution in [-0.4, -0.2) is 119 Å². The number of hydrogen-bond donors (Lipinski definition) is 7. The van der Waals surface area contributed by atoms with Gasteiger partial charge in [0, 0.05) is 89.2 Å². The fraction of sp³-hybridized carbons (Fsp3) is 0.529. The average molecular weight is 1740 g/mol. The topological polar surface area (TPSA) is 358 Å². The summed E-state index contributed by atoms with van der Waals surface area (Å²) in [5, 5.41) is 7.89. The van der Waals surface area contributed by atoms with E-state index in [1.165, 1.54) is 22.3 Å². The number of nitrogens with two attached hydrogens (primary N) is 1. The fourth-order valence-electron chi connectivity index (χ4n) is 20.1. The lowest BCUT2D eigenvalue weighted by Crippen LogP contribution is -2.32. The average Bonchev–Trinajstić information content (AvgIpc) is 1.55. The van der Waals surface area contributed by atoms with Gasteiger partial charge in [0.25, 0.3) is 16.7 Å². The molecule has 0 spiro atoms. The molecule has 6 aromatic rings. The van der Waals surface area contributed by atoms with E-state index in [0.717, 1.165) is 292 Å². The van der Waals surface area contributed by atoms with Crippen LogP contribution in [0.3, 0.4) is 0 Å². The van der Waals surface area contributed by atoms with Crippen LogP contribution < -0.4 is 26.1 Å². The Bertz CT molecular complexity index is 6520. The molecule has 16 heterocycles. The monoisotopic (exact) mass is 1740 g/mol. The van der Waals surface area contributed by atoms with E-state index >= 15 is 0 Å². The van der Waals surface area contributed by atoms with Crippen molar-refractivity contribution in [2.75, 3.05) is 5.32 Å². The van der Waals surface area contributed by atoms with Gasteiger partial charge in [-0.25, -0.2) is 94.8 Å². The number of allylic oxidation sites excluding steroid dienone is 4. The number of hydrogen-bond acceptors (Lipinski definition) is 22. The first kappa shape index (κ1) is 90.7. The number of anilines is 1. The van der Waals surface area contributed by atoms with E-state index in [9.17, 15) is 0 Å². The second kappa shape index (κ2) is 40.2. The zero-order valence-corrected chi connectivity index (χ0v) is 80.0. The van der Waals surface area contributed by atoms with Crippen molar-refractivity contribution in [3.8, 4) is 0 Å². The first-order chi connectivity index (χ1) is 63.1. The van der Waals surface area contributed by atoms with Crippen molar-refractivity contribution in [3.63, 3.8) is 0 Å². The van der Waals surface area contributed by atoms with Gasteiger partial charge in [-0.05, 0) is 127 Å². The minimum Gasteiger partial charge on any atom is -0.390 e. The van der Waals surface area contributed by atoms with E-state index in [1.807, 2.05) is 0 Å². The maximum atomic E-state index is 8.48. The van der Waals surface area contributed by atoms with Crippen LogP contribution in [0.25, 0.3) is 66.9 Å². The van der Waals surface area contributed by atoms with Crippen LogP contribution in [-0.2, 0) is 25.7 Å². The first-order valence-corrected chi connectivity index (χ1v) is 49.5. The summed E-state index contributed by atoms with van der Waals surface area (Å²) in [5.74, 6) is 10.8. The van der Waals surface area contributed by atoms with Gasteiger partial charge in [0.2, 0.25) is 17.3 Å². The zero-order valence-electron chi connectivity index (χ0n) is 80.0. The van der Waals surface area contributed by atoms with Gasteiger partial charge in [0.15, 0.2) is 97.8 Å². The van der Waals surface area contributed by atoms with Gasteiger partial charge in [-0.3, -0.25) is 0 Å². The molecular weight excluding hydrogens is 1600 g/mol. The largest absolute Gasteiger partial charge is 0.390 e. The third-order valence-corrected chi connectivity index (χ3v) is 25.5. The molecule has 129 heavy (non-hydrogen) atoms. The number of aliphatic imine (C=N–C) groups is 11. The number of nitrogens with zero attached hydrogens (tertiary/aromatic N) is 20. The number of amidine groups is 11. The van der Waals surface area contributed by atoms with Crippen LogP contribution in [0.4, 0.5) is 17.5 Å². The predicted molar refractivity (Wildman–Crippen MR) is 533 cm³/mol. The number of nitrogens with one attached hydrogen (secondary N) is 6. The highest BCUT2D eigenvalue weighted by atomic mass is 15.2. The maximum absolute atomic E-state index is 8.48. The lowest BCUT2D eigenvalue weighted by Gasteiger charge is -2.12. The third-order valence-electron chi connectivity index (χ3n) is 25.5. The standard InChI is InChI=1S/C102H133N27/c1-19-37-55-58(40-22-4)82-105-79(55)108-85-61(43-25-7)67(49-31-13)91(114-85)120-97-73(103)76(100(126-97)123-94-70(52-34-16)64(46-28-10)88(111-82)117-94)129-77-74(98-121-92-68(50-32-14)62(44-26-8)86(115-92)109-80-56(38-20-2)59(41-23-5)83(106-80)112-89-65(47-29-11)71(53-35-17)95(118-89)124-101(77)127-98)104-75-78(129)102-125-96-72(54-36-18)66(48-30-12)90(119-96)113-84-60(42-24-6)57(39-21-3)81(107-84)110-87-63(45-27-9)69(51-33-15)93(116-87)122-99(75)128-102/h19-54H2,1-18H3,(H7,103,104,105,106,107,108,109,110,111,112,113,114,115,116,117,118,119,120,121,122,123,124,125,126,127,128)/p+1. The van der Waals surface area contributed by atoms with Crippen molar-refractivity contribution in [3.05, 3.63) is 124 Å². The molecule has 0 unspecified atom stereocenters. The normalized spacial score (nSPS) is 17.4. The van der Waals surface area contributed by atoms with Gasteiger partial charge >= 0.3 is 0 Å². The van der Waals surface area contributed by atoms with Gasteiger partial charge in [-0.15, -0.1) is 4.24 Å². The Morgan fingerprint density at radius 2 is 0.651 bits per heavy atom. The van der Waals surface area contributed by atoms with Gasteiger partial charge in [-0.1, -0.05) is 240 Å². The predicted octanol–water partition coefficient (Wildman–Crippen LogP) is 23.4. The van der Waals surface area contributed by atoms with E-state index in [2.05, 4.69) is 159 Å². The molecule has 0 saturated carbocycles. The molecule has 0 atom stereocenters. The first-order valence-electron chi connectivity index (χ1n) is 49.5. The lowest BCUT2D eigenvalue weighted by molar-refractivity contribution is -0.453. The van der Waals surface area contributed by atoms with Crippen molar-refractivity contribution < 1.29 is 4.24 Å². The lowest BCUT2D eigenvalue weighted by atomic mass is 9.99. The third kappa shape index (κ3) is 17.1. The molecule has 16 rings (SSSR count). The van der Waals surface area contributed by atoms with Crippen LogP contribution in [0.5, 0.6) is 0 Å². The minimum atomic E-state index is 0.239. The Balaban J connectivity index is 1.17. The molecule has 0 saturated heterocycles. The van der Waals surface area contributed by atoms with E-state index in [4.69, 9.17) is 101 Å². The van der Waals surface area contributed by atoms with Crippen LogP contribution in [0.15, 0.2) is 127 Å². The Morgan fingerprint density at radius 1 is 0.264 bits per heavy atom. The Kier molecular flexibility index (Phi) is 28.2. The van der Waals surface area contributed by atoms with E-state index in [0.29, 0.717) is 166 Å². The maximum Gasteiger partial charge on any atom is 0.284 e. The second-order valence-electron chi connectivity index (χ2n) is 35.6. The second-order valence-corrected chi connectivity index (χ2v) is 35.6. The Hall–Kier alpha value is -11.6. The summed E-state index contributed by atoms with van der Waals surface area (Å²) >= 11 is 0. The number of aromatic nitrogens is 12. The van der Waals surface area contributed by atoms with Crippen molar-refractivity contribution in [2.24, 2.45) is 65.6 Å². The number of aromatic amines is 4. The summed E-state index contributed by atoms with van der Waals surface area (Å²) in [6.07, 6.45) is 28.7. The summed E-state index contributed by atoms with van der Waals surface area (Å²) in [5.41, 5.74) is 32.8. The molecule has 0 fully saturated rings. The van der Waals surface area contributed by atoms with Crippen LogP contribution in [0.2, 0.25) is 0 Å². The molecule has 0 aliphatic carbocycles. The van der Waals surface area contributed by atoms with Crippen molar-refractivity contribution in [1.82, 2.24) is 60.1 Å².